The van der Waals surface area contributed by atoms with E-state index in [0.717, 1.165) is 26.9 Å². The van der Waals surface area contributed by atoms with Crippen LogP contribution in [0.25, 0.3) is 22.2 Å². The van der Waals surface area contributed by atoms with Gasteiger partial charge in [0.15, 0.2) is 0 Å². The highest BCUT2D eigenvalue weighted by Gasteiger charge is 2.25. The molecule has 0 aliphatic rings. The maximum atomic E-state index is 14.1. The fourth-order valence-corrected chi connectivity index (χ4v) is 5.24. The van der Waals surface area contributed by atoms with Gasteiger partial charge in [-0.15, -0.1) is 0 Å². The molecule has 0 spiro atoms. The minimum absolute atomic E-state index is 0.112. The highest BCUT2D eigenvalue weighted by Crippen LogP contribution is 2.33. The highest BCUT2D eigenvalue weighted by molar-refractivity contribution is 9.10. The van der Waals surface area contributed by atoms with Crippen molar-refractivity contribution in [2.75, 3.05) is 13.2 Å². The van der Waals surface area contributed by atoms with E-state index in [1.54, 1.807) is 0 Å². The molecule has 0 aliphatic heterocycles. The van der Waals surface area contributed by atoms with E-state index in [0.29, 0.717) is 35.2 Å². The van der Waals surface area contributed by atoms with Crippen LogP contribution < -0.4 is 10.1 Å². The third kappa shape index (κ3) is 7.50. The number of halogens is 2. The lowest BCUT2D eigenvalue weighted by molar-refractivity contribution is -0.158. The Balaban J connectivity index is 1.68. The van der Waals surface area contributed by atoms with E-state index in [1.165, 1.54) is 0 Å². The van der Waals surface area contributed by atoms with E-state index in [2.05, 4.69) is 21.2 Å². The normalized spacial score (nSPS) is 12.5. The van der Waals surface area contributed by atoms with Gasteiger partial charge in [-0.1, -0.05) is 71.4 Å². The number of esters is 1. The molecule has 8 heteroatoms. The van der Waals surface area contributed by atoms with Gasteiger partial charge in [-0.3, -0.25) is 9.59 Å². The SMILES string of the molecule is CCCC(F)OC(=O)CC(CNC(=O)c1c(C)c(-c2ccccc2)nc2ccc(Br)cc12)c1ccccc1OCC. The summed E-state index contributed by atoms with van der Waals surface area (Å²) in [5.74, 6) is -0.867. The van der Waals surface area contributed by atoms with Gasteiger partial charge in [-0.25, -0.2) is 9.37 Å². The zero-order chi connectivity index (χ0) is 29.4. The smallest absolute Gasteiger partial charge is 0.309 e. The second-order valence-corrected chi connectivity index (χ2v) is 10.7. The molecule has 2 atom stereocenters. The van der Waals surface area contributed by atoms with Gasteiger partial charge in [0.1, 0.15) is 5.75 Å². The molecular weight excluding hydrogens is 587 g/mol. The van der Waals surface area contributed by atoms with Crippen LogP contribution in [0.1, 0.15) is 60.5 Å². The molecule has 0 radical (unpaired) electrons. The number of pyridine rings is 1. The Labute approximate surface area is 248 Å². The van der Waals surface area contributed by atoms with Crippen LogP contribution in [-0.2, 0) is 9.53 Å². The number of alkyl halides is 1. The van der Waals surface area contributed by atoms with Gasteiger partial charge in [0.05, 0.1) is 29.8 Å². The average Bonchev–Trinajstić information content (AvgIpc) is 2.96. The zero-order valence-corrected chi connectivity index (χ0v) is 25.0. The molecule has 1 heterocycles. The first-order chi connectivity index (χ1) is 19.8. The number of aromatic nitrogens is 1. The van der Waals surface area contributed by atoms with Gasteiger partial charge in [0.2, 0.25) is 6.36 Å². The number of amides is 1. The molecule has 3 aromatic carbocycles. The quantitative estimate of drug-likeness (QED) is 0.163. The molecule has 0 bridgehead atoms. The van der Waals surface area contributed by atoms with Crippen LogP contribution >= 0.6 is 15.9 Å². The molecule has 2 unspecified atom stereocenters. The Kier molecular flexibility index (Phi) is 10.5. The maximum absolute atomic E-state index is 14.1. The molecule has 214 valence electrons. The molecule has 1 aromatic heterocycles. The van der Waals surface area contributed by atoms with E-state index < -0.39 is 18.2 Å². The third-order valence-electron chi connectivity index (χ3n) is 6.82. The summed E-state index contributed by atoms with van der Waals surface area (Å²) in [5, 5.41) is 3.75. The standard InChI is InChI=1S/C33H34BrFN2O4/c1-4-11-29(35)41-30(38)18-23(25-14-9-10-15-28(25)40-5-2)20-36-33(39)31-21(3)32(22-12-7-6-8-13-22)37-27-17-16-24(34)19-26(27)31/h6-10,12-17,19,23,29H,4-5,11,18,20H2,1-3H3,(H,36,39). The Morgan fingerprint density at radius 3 is 2.49 bits per heavy atom. The first kappa shape index (κ1) is 30.2. The van der Waals surface area contributed by atoms with E-state index in [9.17, 15) is 14.0 Å². The van der Waals surface area contributed by atoms with Crippen LogP contribution in [0.15, 0.2) is 77.3 Å². The van der Waals surface area contributed by atoms with Gasteiger partial charge < -0.3 is 14.8 Å². The molecule has 1 N–H and O–H groups in total. The predicted molar refractivity (Wildman–Crippen MR) is 163 cm³/mol. The van der Waals surface area contributed by atoms with Crippen LogP contribution in [0.2, 0.25) is 0 Å². The summed E-state index contributed by atoms with van der Waals surface area (Å²) in [4.78, 5) is 31.5. The van der Waals surface area contributed by atoms with Crippen molar-refractivity contribution in [1.82, 2.24) is 10.3 Å². The van der Waals surface area contributed by atoms with E-state index in [1.807, 2.05) is 93.6 Å². The summed E-state index contributed by atoms with van der Waals surface area (Å²) in [6.45, 7) is 6.13. The first-order valence-electron chi connectivity index (χ1n) is 13.8. The van der Waals surface area contributed by atoms with Crippen LogP contribution in [0.3, 0.4) is 0 Å². The van der Waals surface area contributed by atoms with Crippen molar-refractivity contribution < 1.29 is 23.5 Å². The van der Waals surface area contributed by atoms with Crippen molar-refractivity contribution >= 4 is 38.7 Å². The number of nitrogens with zero attached hydrogens (tertiary/aromatic N) is 1. The number of nitrogens with one attached hydrogen (secondary N) is 1. The minimum atomic E-state index is -1.66. The van der Waals surface area contributed by atoms with Gasteiger partial charge in [-0.05, 0) is 55.7 Å². The Morgan fingerprint density at radius 2 is 1.76 bits per heavy atom. The van der Waals surface area contributed by atoms with Gasteiger partial charge in [0, 0.05) is 34.3 Å². The monoisotopic (exact) mass is 620 g/mol. The number of hydrogen-bond donors (Lipinski definition) is 1. The molecule has 41 heavy (non-hydrogen) atoms. The summed E-state index contributed by atoms with van der Waals surface area (Å²) >= 11 is 3.52. The van der Waals surface area contributed by atoms with Crippen LogP contribution in [-0.4, -0.2) is 36.4 Å². The molecule has 6 nitrogen and oxygen atoms in total. The van der Waals surface area contributed by atoms with Crippen LogP contribution in [0.5, 0.6) is 5.75 Å². The molecule has 0 fully saturated rings. The number of carbonyl (C=O) groups is 2. The van der Waals surface area contributed by atoms with E-state index >= 15 is 0 Å². The lowest BCUT2D eigenvalue weighted by Crippen LogP contribution is -2.31. The molecule has 0 saturated carbocycles. The largest absolute Gasteiger partial charge is 0.494 e. The van der Waals surface area contributed by atoms with E-state index in [-0.39, 0.29) is 25.3 Å². The molecule has 4 aromatic rings. The summed E-state index contributed by atoms with van der Waals surface area (Å²) in [6.07, 6.45) is -1.09. The second-order valence-electron chi connectivity index (χ2n) is 9.76. The fourth-order valence-electron chi connectivity index (χ4n) is 4.88. The lowest BCUT2D eigenvalue weighted by Gasteiger charge is -2.22. The zero-order valence-electron chi connectivity index (χ0n) is 23.5. The number of para-hydroxylation sites is 1. The van der Waals surface area contributed by atoms with Gasteiger partial charge >= 0.3 is 5.97 Å². The Bertz CT molecular complexity index is 1510. The second kappa shape index (κ2) is 14.2. The molecule has 0 saturated heterocycles. The van der Waals surface area contributed by atoms with Crippen molar-refractivity contribution in [2.45, 2.75) is 52.3 Å². The summed E-state index contributed by atoms with van der Waals surface area (Å²) in [7, 11) is 0. The van der Waals surface area contributed by atoms with E-state index in [4.69, 9.17) is 14.5 Å². The highest BCUT2D eigenvalue weighted by atomic mass is 79.9. The predicted octanol–water partition coefficient (Wildman–Crippen LogP) is 7.91. The van der Waals surface area contributed by atoms with Crippen molar-refractivity contribution in [3.8, 4) is 17.0 Å². The fraction of sp³-hybridized carbons (Fsp3) is 0.303. The minimum Gasteiger partial charge on any atom is -0.494 e. The molecule has 1 amide bonds. The number of fused-ring (bicyclic) bond motifs is 1. The maximum Gasteiger partial charge on any atom is 0.309 e. The summed E-state index contributed by atoms with van der Waals surface area (Å²) in [5.41, 5.74) is 4.29. The molecule has 0 aliphatic carbocycles. The van der Waals surface area contributed by atoms with Crippen molar-refractivity contribution in [1.29, 1.82) is 0 Å². The van der Waals surface area contributed by atoms with Crippen molar-refractivity contribution in [3.05, 3.63) is 94.0 Å². The number of ether oxygens (including phenoxy) is 2. The number of carbonyl (C=O) groups excluding carboxylic acids is 2. The molecular formula is C33H34BrFN2O4. The number of benzene rings is 3. The topological polar surface area (TPSA) is 77.5 Å². The first-order valence-corrected chi connectivity index (χ1v) is 14.6. The number of rotatable bonds is 12. The third-order valence-corrected chi connectivity index (χ3v) is 7.31. The van der Waals surface area contributed by atoms with Crippen LogP contribution in [0.4, 0.5) is 4.39 Å². The van der Waals surface area contributed by atoms with Gasteiger partial charge in [0.25, 0.3) is 5.91 Å². The molecule has 4 rings (SSSR count). The van der Waals surface area contributed by atoms with Crippen molar-refractivity contribution in [3.63, 3.8) is 0 Å². The summed E-state index contributed by atoms with van der Waals surface area (Å²) in [6, 6.07) is 22.7. The van der Waals surface area contributed by atoms with Crippen molar-refractivity contribution in [2.24, 2.45) is 0 Å². The van der Waals surface area contributed by atoms with Gasteiger partial charge in [-0.2, -0.15) is 0 Å². The summed E-state index contributed by atoms with van der Waals surface area (Å²) < 4.78 is 25.8. The lowest BCUT2D eigenvalue weighted by atomic mass is 9.93. The number of hydrogen-bond acceptors (Lipinski definition) is 5. The van der Waals surface area contributed by atoms with Crippen LogP contribution in [0, 0.1) is 6.92 Å². The Hall–Kier alpha value is -3.78. The average molecular weight is 622 g/mol. The Morgan fingerprint density at radius 1 is 1.02 bits per heavy atom.